The minimum absolute atomic E-state index is 0.00101. The fourth-order valence-electron chi connectivity index (χ4n) is 5.27. The third-order valence-electron chi connectivity index (χ3n) is 6.84. The SMILES string of the molecule is C[Si](C)(C)c1c(F)cc(CC(=O)[C@H]2c3ccc4c(c3CCN2C(=O)CCCC(=O)O)OCC4)cc1F. The second-order valence-corrected chi connectivity index (χ2v) is 15.5. The molecule has 0 spiro atoms. The van der Waals surface area contributed by atoms with Crippen molar-refractivity contribution in [3.63, 3.8) is 0 Å². The molecular formula is C27H31F2NO5Si. The van der Waals surface area contributed by atoms with Crippen LogP contribution in [0.15, 0.2) is 24.3 Å². The number of fused-ring (bicyclic) bond motifs is 3. The quantitative estimate of drug-likeness (QED) is 0.539. The lowest BCUT2D eigenvalue weighted by molar-refractivity contribution is -0.141. The number of carbonyl (C=O) groups excluding carboxylic acids is 2. The summed E-state index contributed by atoms with van der Waals surface area (Å²) in [6, 6.07) is 5.27. The van der Waals surface area contributed by atoms with Crippen LogP contribution in [0.25, 0.3) is 0 Å². The highest BCUT2D eigenvalue weighted by atomic mass is 28.3. The van der Waals surface area contributed by atoms with Crippen molar-refractivity contribution in [2.45, 2.75) is 64.2 Å². The summed E-state index contributed by atoms with van der Waals surface area (Å²) in [6.45, 7) is 6.41. The summed E-state index contributed by atoms with van der Waals surface area (Å²) < 4.78 is 35.5. The van der Waals surface area contributed by atoms with E-state index in [0.717, 1.165) is 23.3 Å². The fraction of sp³-hybridized carbons (Fsp3) is 0.444. The van der Waals surface area contributed by atoms with Crippen LogP contribution in [0.4, 0.5) is 8.78 Å². The van der Waals surface area contributed by atoms with Gasteiger partial charge < -0.3 is 14.7 Å². The van der Waals surface area contributed by atoms with Crippen LogP contribution in [-0.4, -0.2) is 48.9 Å². The first-order valence-corrected chi connectivity index (χ1v) is 15.8. The van der Waals surface area contributed by atoms with Crippen LogP contribution in [0.1, 0.15) is 47.6 Å². The van der Waals surface area contributed by atoms with Crippen LogP contribution >= 0.6 is 0 Å². The maximum absolute atomic E-state index is 14.9. The molecule has 6 nitrogen and oxygen atoms in total. The molecule has 9 heteroatoms. The van der Waals surface area contributed by atoms with Gasteiger partial charge in [0.25, 0.3) is 0 Å². The van der Waals surface area contributed by atoms with E-state index in [4.69, 9.17) is 9.84 Å². The predicted molar refractivity (Wildman–Crippen MR) is 133 cm³/mol. The molecule has 1 atom stereocenters. The minimum Gasteiger partial charge on any atom is -0.493 e. The highest BCUT2D eigenvalue weighted by molar-refractivity contribution is 6.88. The molecule has 0 fully saturated rings. The first-order chi connectivity index (χ1) is 17.0. The number of ketones is 1. The number of hydrogen-bond donors (Lipinski definition) is 1. The van der Waals surface area contributed by atoms with E-state index in [9.17, 15) is 23.2 Å². The van der Waals surface area contributed by atoms with Crippen LogP contribution in [0, 0.1) is 11.6 Å². The van der Waals surface area contributed by atoms with Crippen molar-refractivity contribution < 1.29 is 33.0 Å². The van der Waals surface area contributed by atoms with Gasteiger partial charge in [0.15, 0.2) is 5.78 Å². The number of rotatable bonds is 8. The summed E-state index contributed by atoms with van der Waals surface area (Å²) in [5, 5.41) is 9.03. The fourth-order valence-corrected chi connectivity index (χ4v) is 6.84. The number of amides is 1. The van der Waals surface area contributed by atoms with Crippen LogP contribution in [-0.2, 0) is 33.6 Å². The standard InChI is InChI=1S/C27H31F2NO5Si/c1-36(2,3)27-20(28)13-16(14-21(27)29)15-22(31)25-18-8-7-17-10-12-35-26(17)19(18)9-11-30(25)23(32)5-4-6-24(33)34/h7-8,13-14,25H,4-6,9-12,15H2,1-3H3,(H,33,34)/t25-/m1/s1. The molecule has 4 rings (SSSR count). The second-order valence-electron chi connectivity index (χ2n) is 10.5. The monoisotopic (exact) mass is 515 g/mol. The maximum atomic E-state index is 14.9. The summed E-state index contributed by atoms with van der Waals surface area (Å²) in [7, 11) is -2.27. The molecule has 2 aromatic rings. The molecule has 2 aromatic carbocycles. The number of aliphatic carboxylic acids is 1. The minimum atomic E-state index is -2.27. The molecule has 0 bridgehead atoms. The largest absolute Gasteiger partial charge is 0.493 e. The second kappa shape index (κ2) is 10.1. The van der Waals surface area contributed by atoms with E-state index < -0.39 is 31.7 Å². The zero-order chi connectivity index (χ0) is 26.2. The van der Waals surface area contributed by atoms with E-state index in [1.807, 2.05) is 31.8 Å². The third-order valence-corrected chi connectivity index (χ3v) is 8.82. The van der Waals surface area contributed by atoms with Crippen LogP contribution < -0.4 is 9.92 Å². The number of nitrogens with zero attached hydrogens (tertiary/aromatic N) is 1. The first kappa shape index (κ1) is 26.0. The van der Waals surface area contributed by atoms with Gasteiger partial charge in [0.05, 0.1) is 14.7 Å². The van der Waals surface area contributed by atoms with E-state index in [0.29, 0.717) is 18.6 Å². The van der Waals surface area contributed by atoms with E-state index in [-0.39, 0.29) is 54.7 Å². The summed E-state index contributed by atoms with van der Waals surface area (Å²) in [6.07, 6.45) is 1.09. The Morgan fingerprint density at radius 2 is 1.78 bits per heavy atom. The number of benzene rings is 2. The van der Waals surface area contributed by atoms with Gasteiger partial charge in [0.2, 0.25) is 5.91 Å². The zero-order valence-corrected chi connectivity index (χ0v) is 21.8. The lowest BCUT2D eigenvalue weighted by atomic mass is 9.86. The molecule has 192 valence electrons. The van der Waals surface area contributed by atoms with E-state index in [2.05, 4.69) is 0 Å². The number of carboxylic acids is 1. The highest BCUT2D eigenvalue weighted by Gasteiger charge is 2.38. The topological polar surface area (TPSA) is 83.9 Å². The van der Waals surface area contributed by atoms with Crippen molar-refractivity contribution in [3.8, 4) is 5.75 Å². The average molecular weight is 516 g/mol. The van der Waals surface area contributed by atoms with Crippen molar-refractivity contribution in [2.75, 3.05) is 13.2 Å². The van der Waals surface area contributed by atoms with E-state index >= 15 is 0 Å². The van der Waals surface area contributed by atoms with Crippen molar-refractivity contribution >= 4 is 30.9 Å². The summed E-state index contributed by atoms with van der Waals surface area (Å²) >= 11 is 0. The molecule has 0 saturated carbocycles. The number of halogens is 2. The van der Waals surface area contributed by atoms with Gasteiger partial charge >= 0.3 is 5.97 Å². The first-order valence-electron chi connectivity index (χ1n) is 12.3. The third kappa shape index (κ3) is 5.21. The molecule has 0 radical (unpaired) electrons. The van der Waals surface area contributed by atoms with Gasteiger partial charge in [-0.2, -0.15) is 0 Å². The van der Waals surface area contributed by atoms with Gasteiger partial charge in [-0.1, -0.05) is 31.8 Å². The molecule has 36 heavy (non-hydrogen) atoms. The van der Waals surface area contributed by atoms with Crippen LogP contribution in [0.2, 0.25) is 19.6 Å². The molecule has 0 unspecified atom stereocenters. The Bertz CT molecular complexity index is 1200. The average Bonchev–Trinajstić information content (AvgIpc) is 3.25. The molecule has 1 amide bonds. The number of carboxylic acid groups (broad SMARTS) is 1. The van der Waals surface area contributed by atoms with E-state index in [1.54, 1.807) is 0 Å². The normalized spacial score (nSPS) is 16.8. The Labute approximate surface area is 210 Å². The number of ether oxygens (including phenoxy) is 1. The van der Waals surface area contributed by atoms with Gasteiger partial charge in [-0.3, -0.25) is 14.4 Å². The number of carbonyl (C=O) groups is 3. The Balaban J connectivity index is 1.66. The molecular weight excluding hydrogens is 484 g/mol. The molecule has 2 aliphatic rings. The van der Waals surface area contributed by atoms with Gasteiger partial charge in [0.1, 0.15) is 23.4 Å². The highest BCUT2D eigenvalue weighted by Crippen LogP contribution is 2.40. The molecule has 2 heterocycles. The van der Waals surface area contributed by atoms with Crippen molar-refractivity contribution in [1.82, 2.24) is 4.90 Å². The van der Waals surface area contributed by atoms with Crippen LogP contribution in [0.5, 0.6) is 5.75 Å². The summed E-state index contributed by atoms with van der Waals surface area (Å²) in [5.74, 6) is -2.17. The molecule has 2 aliphatic heterocycles. The Morgan fingerprint density at radius 3 is 2.42 bits per heavy atom. The Morgan fingerprint density at radius 1 is 1.08 bits per heavy atom. The van der Waals surface area contributed by atoms with Crippen LogP contribution in [0.3, 0.4) is 0 Å². The van der Waals surface area contributed by atoms with Crippen molar-refractivity contribution in [2.24, 2.45) is 0 Å². The Kier molecular flexibility index (Phi) is 7.31. The van der Waals surface area contributed by atoms with Gasteiger partial charge in [-0.15, -0.1) is 0 Å². The molecule has 0 aliphatic carbocycles. The maximum Gasteiger partial charge on any atom is 0.303 e. The van der Waals surface area contributed by atoms with E-state index in [1.165, 1.54) is 17.0 Å². The number of hydrogen-bond acceptors (Lipinski definition) is 4. The number of Topliss-reactive ketones (excluding diaryl/α,β-unsaturated/α-hetero) is 1. The van der Waals surface area contributed by atoms with Gasteiger partial charge in [-0.05, 0) is 41.7 Å². The van der Waals surface area contributed by atoms with Crippen molar-refractivity contribution in [1.29, 1.82) is 0 Å². The zero-order valence-electron chi connectivity index (χ0n) is 20.8. The van der Waals surface area contributed by atoms with Gasteiger partial charge in [-0.25, -0.2) is 8.78 Å². The summed E-state index contributed by atoms with van der Waals surface area (Å²) in [5.41, 5.74) is 2.84. The smallest absolute Gasteiger partial charge is 0.303 e. The Hall–Kier alpha value is -3.07. The lowest BCUT2D eigenvalue weighted by Crippen LogP contribution is -2.44. The molecule has 1 N–H and O–H groups in total. The molecule has 0 aromatic heterocycles. The molecule has 0 saturated heterocycles. The van der Waals surface area contributed by atoms with Gasteiger partial charge in [0, 0.05) is 43.0 Å². The van der Waals surface area contributed by atoms with Crippen molar-refractivity contribution in [3.05, 3.63) is 58.2 Å². The summed E-state index contributed by atoms with van der Waals surface area (Å²) in [4.78, 5) is 39.1. The lowest BCUT2D eigenvalue weighted by Gasteiger charge is -2.37. The predicted octanol–water partition coefficient (Wildman–Crippen LogP) is 3.94.